The zero-order chi connectivity index (χ0) is 19.9. The number of oxazole rings is 1. The monoisotopic (exact) mass is 379 g/mol. The molecule has 3 rings (SSSR count). The first-order chi connectivity index (χ1) is 13.6. The number of amides is 2. The van der Waals surface area contributed by atoms with Crippen molar-refractivity contribution in [1.29, 1.82) is 0 Å². The molecule has 0 aliphatic carbocycles. The molecule has 0 radical (unpaired) electrons. The second-order valence-electron chi connectivity index (χ2n) is 6.26. The highest BCUT2D eigenvalue weighted by molar-refractivity contribution is 6.39. The summed E-state index contributed by atoms with van der Waals surface area (Å²) in [6.07, 6.45) is 2.89. The van der Waals surface area contributed by atoms with Crippen LogP contribution in [0.1, 0.15) is 18.4 Å². The van der Waals surface area contributed by atoms with E-state index in [0.717, 1.165) is 5.56 Å². The van der Waals surface area contributed by atoms with Crippen LogP contribution in [0.25, 0.3) is 11.3 Å². The molecule has 2 N–H and O–H groups in total. The Morgan fingerprint density at radius 1 is 1.14 bits per heavy atom. The minimum absolute atomic E-state index is 0.0965. The molecule has 0 aliphatic heterocycles. The minimum atomic E-state index is -0.741. The lowest BCUT2D eigenvalue weighted by molar-refractivity contribution is -0.136. The lowest BCUT2D eigenvalue weighted by Gasteiger charge is -2.13. The highest BCUT2D eigenvalue weighted by atomic mass is 16.5. The van der Waals surface area contributed by atoms with E-state index in [2.05, 4.69) is 15.6 Å². The van der Waals surface area contributed by atoms with Crippen LogP contribution in [-0.4, -0.2) is 30.5 Å². The highest BCUT2D eigenvalue weighted by Crippen LogP contribution is 2.32. The maximum atomic E-state index is 12.2. The molecule has 0 saturated heterocycles. The molecule has 0 bridgehead atoms. The number of anilines is 1. The molecule has 7 nitrogen and oxygen atoms in total. The maximum absolute atomic E-state index is 12.2. The highest BCUT2D eigenvalue weighted by Gasteiger charge is 2.17. The Kier molecular flexibility index (Phi) is 6.06. The normalized spacial score (nSPS) is 11.5. The largest absolute Gasteiger partial charge is 0.496 e. The summed E-state index contributed by atoms with van der Waals surface area (Å²) in [5.41, 5.74) is 2.23. The number of hydrogen-bond acceptors (Lipinski definition) is 5. The van der Waals surface area contributed by atoms with Gasteiger partial charge in [-0.05, 0) is 23.6 Å². The molecule has 144 valence electrons. The van der Waals surface area contributed by atoms with Crippen LogP contribution in [0, 0.1) is 0 Å². The van der Waals surface area contributed by atoms with Gasteiger partial charge in [-0.15, -0.1) is 0 Å². The van der Waals surface area contributed by atoms with Crippen molar-refractivity contribution in [3.05, 3.63) is 66.7 Å². The SMILES string of the molecule is COc1cc(NC(=O)C(=O)NCC(C)c2ccccc2)ccc1-c1cnco1. The summed E-state index contributed by atoms with van der Waals surface area (Å²) in [4.78, 5) is 28.2. The van der Waals surface area contributed by atoms with Gasteiger partial charge in [0.05, 0.1) is 18.9 Å². The van der Waals surface area contributed by atoms with Crippen LogP contribution in [0.2, 0.25) is 0 Å². The number of nitrogens with one attached hydrogen (secondary N) is 2. The molecular formula is C21H21N3O4. The third kappa shape index (κ3) is 4.56. The van der Waals surface area contributed by atoms with E-state index in [0.29, 0.717) is 29.3 Å². The molecule has 0 saturated carbocycles. The summed E-state index contributed by atoms with van der Waals surface area (Å²) in [5.74, 6) is -0.301. The Balaban J connectivity index is 1.60. The summed E-state index contributed by atoms with van der Waals surface area (Å²) in [6.45, 7) is 2.35. The number of rotatable bonds is 6. The van der Waals surface area contributed by atoms with E-state index in [1.54, 1.807) is 24.4 Å². The molecule has 2 aromatic carbocycles. The second kappa shape index (κ2) is 8.85. The lowest BCUT2D eigenvalue weighted by Crippen LogP contribution is -2.37. The summed E-state index contributed by atoms with van der Waals surface area (Å²) in [5, 5.41) is 5.23. The van der Waals surface area contributed by atoms with E-state index in [1.165, 1.54) is 13.5 Å². The van der Waals surface area contributed by atoms with Crippen molar-refractivity contribution in [2.24, 2.45) is 0 Å². The van der Waals surface area contributed by atoms with Crippen LogP contribution in [0.4, 0.5) is 5.69 Å². The van der Waals surface area contributed by atoms with Crippen molar-refractivity contribution < 1.29 is 18.7 Å². The lowest BCUT2D eigenvalue weighted by atomic mass is 10.0. The first kappa shape index (κ1) is 19.2. The van der Waals surface area contributed by atoms with E-state index < -0.39 is 11.8 Å². The average molecular weight is 379 g/mol. The van der Waals surface area contributed by atoms with Gasteiger partial charge < -0.3 is 19.8 Å². The fourth-order valence-electron chi connectivity index (χ4n) is 2.73. The predicted molar refractivity (Wildman–Crippen MR) is 105 cm³/mol. The number of ether oxygens (including phenoxy) is 1. The van der Waals surface area contributed by atoms with Crippen LogP contribution in [0.3, 0.4) is 0 Å². The zero-order valence-corrected chi connectivity index (χ0v) is 15.6. The Hall–Kier alpha value is -3.61. The van der Waals surface area contributed by atoms with Gasteiger partial charge in [0.25, 0.3) is 0 Å². The first-order valence-electron chi connectivity index (χ1n) is 8.79. The third-order valence-electron chi connectivity index (χ3n) is 4.30. The Labute approximate surface area is 162 Å². The van der Waals surface area contributed by atoms with Crippen molar-refractivity contribution in [2.45, 2.75) is 12.8 Å². The van der Waals surface area contributed by atoms with Crippen molar-refractivity contribution in [3.63, 3.8) is 0 Å². The fourth-order valence-corrected chi connectivity index (χ4v) is 2.73. The third-order valence-corrected chi connectivity index (χ3v) is 4.30. The molecule has 0 fully saturated rings. The molecule has 1 heterocycles. The Morgan fingerprint density at radius 3 is 2.61 bits per heavy atom. The van der Waals surface area contributed by atoms with E-state index in [1.807, 2.05) is 37.3 Å². The minimum Gasteiger partial charge on any atom is -0.496 e. The quantitative estimate of drug-likeness (QED) is 0.642. The molecule has 1 atom stereocenters. The molecular weight excluding hydrogens is 358 g/mol. The van der Waals surface area contributed by atoms with Gasteiger partial charge in [-0.2, -0.15) is 0 Å². The molecule has 3 aromatic rings. The Morgan fingerprint density at radius 2 is 1.93 bits per heavy atom. The average Bonchev–Trinajstić information content (AvgIpc) is 3.26. The van der Waals surface area contributed by atoms with Crippen LogP contribution in [-0.2, 0) is 9.59 Å². The number of carbonyl (C=O) groups is 2. The fraction of sp³-hybridized carbons (Fsp3) is 0.190. The van der Waals surface area contributed by atoms with E-state index in [9.17, 15) is 9.59 Å². The predicted octanol–water partition coefficient (Wildman–Crippen LogP) is 3.21. The number of benzene rings is 2. The van der Waals surface area contributed by atoms with Crippen LogP contribution < -0.4 is 15.4 Å². The van der Waals surface area contributed by atoms with Gasteiger partial charge in [-0.1, -0.05) is 37.3 Å². The number of nitrogens with zero attached hydrogens (tertiary/aromatic N) is 1. The topological polar surface area (TPSA) is 93.5 Å². The zero-order valence-electron chi connectivity index (χ0n) is 15.6. The molecule has 28 heavy (non-hydrogen) atoms. The van der Waals surface area contributed by atoms with E-state index >= 15 is 0 Å². The van der Waals surface area contributed by atoms with Gasteiger partial charge in [0.15, 0.2) is 12.2 Å². The van der Waals surface area contributed by atoms with Gasteiger partial charge >= 0.3 is 11.8 Å². The summed E-state index contributed by atoms with van der Waals surface area (Å²) in [7, 11) is 1.51. The summed E-state index contributed by atoms with van der Waals surface area (Å²) >= 11 is 0. The van der Waals surface area contributed by atoms with E-state index in [4.69, 9.17) is 9.15 Å². The molecule has 0 spiro atoms. The van der Waals surface area contributed by atoms with Gasteiger partial charge in [-0.25, -0.2) is 4.98 Å². The first-order valence-corrected chi connectivity index (χ1v) is 8.79. The van der Waals surface area contributed by atoms with Crippen LogP contribution in [0.5, 0.6) is 5.75 Å². The number of aromatic nitrogens is 1. The van der Waals surface area contributed by atoms with Gasteiger partial charge in [-0.3, -0.25) is 9.59 Å². The number of hydrogen-bond donors (Lipinski definition) is 2. The number of carbonyl (C=O) groups excluding carboxylic acids is 2. The van der Waals surface area contributed by atoms with E-state index in [-0.39, 0.29) is 5.92 Å². The second-order valence-corrected chi connectivity index (χ2v) is 6.26. The summed E-state index contributed by atoms with van der Waals surface area (Å²) < 4.78 is 10.6. The van der Waals surface area contributed by atoms with Gasteiger partial charge in [0, 0.05) is 18.3 Å². The van der Waals surface area contributed by atoms with Crippen LogP contribution in [0.15, 0.2) is 65.5 Å². The maximum Gasteiger partial charge on any atom is 0.313 e. The number of methoxy groups -OCH3 is 1. The molecule has 7 heteroatoms. The molecule has 2 amide bonds. The Bertz CT molecular complexity index is 940. The standard InChI is InChI=1S/C21H21N3O4/c1-14(15-6-4-3-5-7-15)11-23-20(25)21(26)24-16-8-9-17(18(10-16)27-2)19-12-22-13-28-19/h3-10,12-14H,11H2,1-2H3,(H,23,25)(H,24,26). The van der Waals surface area contributed by atoms with Gasteiger partial charge in [0.1, 0.15) is 5.75 Å². The van der Waals surface area contributed by atoms with Crippen molar-refractivity contribution >= 4 is 17.5 Å². The molecule has 0 aliphatic rings. The molecule has 1 aromatic heterocycles. The smallest absolute Gasteiger partial charge is 0.313 e. The van der Waals surface area contributed by atoms with Crippen molar-refractivity contribution in [2.75, 3.05) is 19.0 Å². The van der Waals surface area contributed by atoms with Crippen molar-refractivity contribution in [1.82, 2.24) is 10.3 Å². The van der Waals surface area contributed by atoms with Crippen LogP contribution >= 0.6 is 0 Å². The van der Waals surface area contributed by atoms with Gasteiger partial charge in [0.2, 0.25) is 0 Å². The van der Waals surface area contributed by atoms with Crippen molar-refractivity contribution in [3.8, 4) is 17.1 Å². The molecule has 1 unspecified atom stereocenters. The summed E-state index contributed by atoms with van der Waals surface area (Å²) in [6, 6.07) is 14.8.